The van der Waals surface area contributed by atoms with Crippen molar-refractivity contribution < 1.29 is 18.0 Å². The minimum absolute atomic E-state index is 0.0390. The summed E-state index contributed by atoms with van der Waals surface area (Å²) < 4.78 is 40.5. The van der Waals surface area contributed by atoms with Crippen molar-refractivity contribution in [3.63, 3.8) is 0 Å². The predicted octanol–water partition coefficient (Wildman–Crippen LogP) is 3.86. The number of hydrogen-bond acceptors (Lipinski definition) is 4. The number of aryl methyl sites for hydroxylation is 1. The van der Waals surface area contributed by atoms with Crippen LogP contribution in [0.5, 0.6) is 0 Å². The zero-order chi connectivity index (χ0) is 21.8. The Morgan fingerprint density at radius 2 is 1.81 bits per heavy atom. The van der Waals surface area contributed by atoms with Crippen LogP contribution in [0.25, 0.3) is 5.65 Å². The first kappa shape index (κ1) is 21.1. The molecule has 4 rings (SSSR count). The first-order chi connectivity index (χ1) is 14.9. The summed E-state index contributed by atoms with van der Waals surface area (Å²) in [6, 6.07) is 12.5. The number of pyridine rings is 1. The lowest BCUT2D eigenvalue weighted by Gasteiger charge is -2.32. The van der Waals surface area contributed by atoms with Gasteiger partial charge in [0.25, 0.3) is 0 Å². The summed E-state index contributed by atoms with van der Waals surface area (Å²) >= 11 is 0. The van der Waals surface area contributed by atoms with E-state index in [0.717, 1.165) is 25.1 Å². The van der Waals surface area contributed by atoms with Crippen LogP contribution in [0.15, 0.2) is 48.7 Å². The van der Waals surface area contributed by atoms with Gasteiger partial charge in [-0.15, -0.1) is 10.2 Å². The highest BCUT2D eigenvalue weighted by atomic mass is 19.4. The molecule has 31 heavy (non-hydrogen) atoms. The first-order valence-electron chi connectivity index (χ1n) is 10.4. The van der Waals surface area contributed by atoms with Crippen LogP contribution in [0.3, 0.4) is 0 Å². The summed E-state index contributed by atoms with van der Waals surface area (Å²) in [5, 5.41) is 11.1. The molecule has 1 saturated heterocycles. The van der Waals surface area contributed by atoms with Crippen molar-refractivity contribution >= 4 is 17.5 Å². The number of benzene rings is 1. The Balaban J connectivity index is 1.29. The maximum absolute atomic E-state index is 13.0. The number of alkyl halides is 3. The Labute approximate surface area is 178 Å². The van der Waals surface area contributed by atoms with Crippen LogP contribution in [0.4, 0.5) is 19.1 Å². The zero-order valence-corrected chi connectivity index (χ0v) is 17.0. The highest BCUT2D eigenvalue weighted by Crippen LogP contribution is 2.30. The van der Waals surface area contributed by atoms with Gasteiger partial charge in [-0.1, -0.05) is 30.3 Å². The largest absolute Gasteiger partial charge is 0.417 e. The molecular formula is C22H24F3N5O. The van der Waals surface area contributed by atoms with Crippen molar-refractivity contribution in [2.24, 2.45) is 0 Å². The van der Waals surface area contributed by atoms with E-state index < -0.39 is 11.7 Å². The van der Waals surface area contributed by atoms with Gasteiger partial charge >= 0.3 is 6.18 Å². The number of amides is 1. The van der Waals surface area contributed by atoms with Gasteiger partial charge < -0.3 is 10.2 Å². The van der Waals surface area contributed by atoms with E-state index in [1.807, 2.05) is 23.1 Å². The highest BCUT2D eigenvalue weighted by molar-refractivity contribution is 5.76. The molecule has 164 valence electrons. The number of piperidine rings is 1. The van der Waals surface area contributed by atoms with Crippen molar-refractivity contribution in [3.8, 4) is 0 Å². The second-order valence-electron chi connectivity index (χ2n) is 7.81. The minimum atomic E-state index is -4.42. The Bertz CT molecular complexity index is 1030. The quantitative estimate of drug-likeness (QED) is 0.644. The van der Waals surface area contributed by atoms with E-state index in [-0.39, 0.29) is 11.9 Å². The molecule has 0 spiro atoms. The maximum atomic E-state index is 13.0. The number of carbonyl (C=O) groups excluding carboxylic acids is 1. The number of carbonyl (C=O) groups is 1. The van der Waals surface area contributed by atoms with Crippen LogP contribution in [-0.2, 0) is 17.4 Å². The van der Waals surface area contributed by atoms with E-state index in [1.165, 1.54) is 16.0 Å². The Hall–Kier alpha value is -3.10. The van der Waals surface area contributed by atoms with Gasteiger partial charge in [-0.05, 0) is 43.4 Å². The van der Waals surface area contributed by atoms with Crippen LogP contribution in [-0.4, -0.2) is 39.6 Å². The molecule has 3 heterocycles. The molecule has 1 amide bonds. The Morgan fingerprint density at radius 3 is 2.52 bits per heavy atom. The van der Waals surface area contributed by atoms with Crippen LogP contribution >= 0.6 is 0 Å². The second kappa shape index (κ2) is 8.95. The molecule has 0 saturated carbocycles. The van der Waals surface area contributed by atoms with E-state index in [9.17, 15) is 18.0 Å². The fourth-order valence-electron chi connectivity index (χ4n) is 3.88. The number of halogens is 3. The Kier molecular flexibility index (Phi) is 6.11. The van der Waals surface area contributed by atoms with Gasteiger partial charge in [-0.25, -0.2) is 0 Å². The van der Waals surface area contributed by atoms with E-state index in [2.05, 4.69) is 27.6 Å². The van der Waals surface area contributed by atoms with Crippen LogP contribution in [0.2, 0.25) is 0 Å². The zero-order valence-electron chi connectivity index (χ0n) is 17.0. The van der Waals surface area contributed by atoms with Gasteiger partial charge in [0.2, 0.25) is 11.9 Å². The van der Waals surface area contributed by atoms with Crippen LogP contribution in [0, 0.1) is 0 Å². The lowest BCUT2D eigenvalue weighted by atomic mass is 10.0. The van der Waals surface area contributed by atoms with Gasteiger partial charge in [-0.2, -0.15) is 13.2 Å². The summed E-state index contributed by atoms with van der Waals surface area (Å²) in [7, 11) is 0. The number of rotatable bonds is 6. The van der Waals surface area contributed by atoms with Gasteiger partial charge in [-0.3, -0.25) is 9.20 Å². The summed E-state index contributed by atoms with van der Waals surface area (Å²) in [4.78, 5) is 14.2. The smallest absolute Gasteiger partial charge is 0.353 e. The van der Waals surface area contributed by atoms with Gasteiger partial charge in [0.05, 0.1) is 5.56 Å². The molecule has 1 aromatic carbocycles. The molecule has 6 nitrogen and oxygen atoms in total. The average Bonchev–Trinajstić information content (AvgIpc) is 3.18. The van der Waals surface area contributed by atoms with Crippen LogP contribution in [0.1, 0.15) is 36.8 Å². The fraction of sp³-hybridized carbons (Fsp3) is 0.409. The number of hydrogen-bond donors (Lipinski definition) is 1. The maximum Gasteiger partial charge on any atom is 0.417 e. The van der Waals surface area contributed by atoms with Gasteiger partial charge in [0.1, 0.15) is 0 Å². The average molecular weight is 431 g/mol. The molecule has 0 unspecified atom stereocenters. The van der Waals surface area contributed by atoms with Gasteiger partial charge in [0, 0.05) is 31.7 Å². The minimum Gasteiger partial charge on any atom is -0.353 e. The molecule has 9 heteroatoms. The van der Waals surface area contributed by atoms with Crippen molar-refractivity contribution in [1.29, 1.82) is 0 Å². The van der Waals surface area contributed by atoms with Crippen molar-refractivity contribution in [1.82, 2.24) is 19.9 Å². The molecule has 3 aromatic rings. The lowest BCUT2D eigenvalue weighted by Crippen LogP contribution is -2.45. The second-order valence-corrected chi connectivity index (χ2v) is 7.81. The monoisotopic (exact) mass is 431 g/mol. The normalized spacial score (nSPS) is 15.4. The molecule has 2 aromatic heterocycles. The standard InChI is InChI=1S/C22H24F3N5O/c23-22(24,25)17-9-10-19-27-28-21(30(19)15-17)29-13-11-18(12-14-29)26-20(31)8-4-7-16-5-2-1-3-6-16/h1-3,5-6,9-10,15,18H,4,7-8,11-14H2,(H,26,31). The summed E-state index contributed by atoms with van der Waals surface area (Å²) in [5.41, 5.74) is 0.855. The van der Waals surface area contributed by atoms with E-state index in [4.69, 9.17) is 0 Å². The fourth-order valence-corrected chi connectivity index (χ4v) is 3.88. The molecule has 0 aliphatic carbocycles. The predicted molar refractivity (Wildman–Crippen MR) is 111 cm³/mol. The van der Waals surface area contributed by atoms with E-state index >= 15 is 0 Å². The molecule has 1 N–H and O–H groups in total. The summed E-state index contributed by atoms with van der Waals surface area (Å²) in [5.74, 6) is 0.436. The molecule has 1 aliphatic rings. The summed E-state index contributed by atoms with van der Waals surface area (Å²) in [6.45, 7) is 1.18. The third-order valence-electron chi connectivity index (χ3n) is 5.57. The number of nitrogens with zero attached hydrogens (tertiary/aromatic N) is 4. The lowest BCUT2D eigenvalue weighted by molar-refractivity contribution is -0.137. The molecule has 1 aliphatic heterocycles. The third-order valence-corrected chi connectivity index (χ3v) is 5.57. The molecule has 0 atom stereocenters. The molecule has 0 bridgehead atoms. The van der Waals surface area contributed by atoms with Crippen molar-refractivity contribution in [2.75, 3.05) is 18.0 Å². The first-order valence-corrected chi connectivity index (χ1v) is 10.4. The van der Waals surface area contributed by atoms with E-state index in [0.29, 0.717) is 43.9 Å². The third kappa shape index (κ3) is 5.15. The van der Waals surface area contributed by atoms with Gasteiger partial charge in [0.15, 0.2) is 5.65 Å². The number of anilines is 1. The SMILES string of the molecule is O=C(CCCc1ccccc1)NC1CCN(c2nnc3ccc(C(F)(F)F)cn23)CC1. The van der Waals surface area contributed by atoms with Crippen LogP contribution < -0.4 is 10.2 Å². The highest BCUT2D eigenvalue weighted by Gasteiger charge is 2.32. The number of nitrogens with one attached hydrogen (secondary N) is 1. The molecule has 1 fully saturated rings. The number of aromatic nitrogens is 3. The molecular weight excluding hydrogens is 407 g/mol. The Morgan fingerprint density at radius 1 is 1.06 bits per heavy atom. The summed E-state index contributed by atoms with van der Waals surface area (Å²) in [6.07, 6.45) is 0.161. The van der Waals surface area contributed by atoms with E-state index in [1.54, 1.807) is 0 Å². The number of fused-ring (bicyclic) bond motifs is 1. The van der Waals surface area contributed by atoms with Crippen molar-refractivity contribution in [3.05, 3.63) is 59.8 Å². The molecule has 0 radical (unpaired) electrons. The topological polar surface area (TPSA) is 62.5 Å². The van der Waals surface area contributed by atoms with Crippen molar-refractivity contribution in [2.45, 2.75) is 44.3 Å².